The van der Waals surface area contributed by atoms with Crippen LogP contribution in [-0.4, -0.2) is 11.6 Å². The van der Waals surface area contributed by atoms with Gasteiger partial charge in [0.15, 0.2) is 11.5 Å². The lowest BCUT2D eigenvalue weighted by Crippen LogP contribution is -2.18. The van der Waals surface area contributed by atoms with Gasteiger partial charge in [-0.1, -0.05) is 54.6 Å². The second-order valence-electron chi connectivity index (χ2n) is 5.32. The van der Waals surface area contributed by atoms with Crippen molar-refractivity contribution in [3.8, 4) is 0 Å². The lowest BCUT2D eigenvalue weighted by Gasteiger charge is -2.11. The summed E-state index contributed by atoms with van der Waals surface area (Å²) in [5.41, 5.74) is 2.31. The molecular formula is C19H12O3. The number of carbonyl (C=O) groups excluding carboxylic acids is 2. The highest BCUT2D eigenvalue weighted by atomic mass is 16.3. The van der Waals surface area contributed by atoms with Crippen LogP contribution in [0.1, 0.15) is 43.4 Å². The van der Waals surface area contributed by atoms with Crippen LogP contribution in [0.2, 0.25) is 0 Å². The van der Waals surface area contributed by atoms with Crippen molar-refractivity contribution in [2.45, 2.75) is 6.42 Å². The molecule has 4 rings (SSSR count). The summed E-state index contributed by atoms with van der Waals surface area (Å²) in [4.78, 5) is 25.0. The van der Waals surface area contributed by atoms with Gasteiger partial charge in [-0.2, -0.15) is 0 Å². The Morgan fingerprint density at radius 3 is 2.09 bits per heavy atom. The van der Waals surface area contributed by atoms with Crippen molar-refractivity contribution in [1.29, 1.82) is 0 Å². The number of benzene rings is 2. The van der Waals surface area contributed by atoms with Crippen LogP contribution in [0.15, 0.2) is 65.1 Å². The lowest BCUT2D eigenvalue weighted by atomic mass is 9.88. The van der Waals surface area contributed by atoms with Crippen LogP contribution in [0.3, 0.4) is 0 Å². The first-order valence-electron chi connectivity index (χ1n) is 7.09. The van der Waals surface area contributed by atoms with Crippen LogP contribution in [-0.2, 0) is 6.42 Å². The van der Waals surface area contributed by atoms with E-state index in [1.54, 1.807) is 30.3 Å². The van der Waals surface area contributed by atoms with Crippen molar-refractivity contribution in [3.63, 3.8) is 0 Å². The molecular weight excluding hydrogens is 276 g/mol. The molecule has 1 aliphatic carbocycles. The average molecular weight is 288 g/mol. The van der Waals surface area contributed by atoms with Crippen molar-refractivity contribution in [1.82, 2.24) is 0 Å². The zero-order valence-corrected chi connectivity index (χ0v) is 11.7. The van der Waals surface area contributed by atoms with E-state index in [0.717, 1.165) is 5.56 Å². The SMILES string of the molecule is O=C1c2ccccc2C(=O)c2oc(Cc3ccccc3)cc21. The van der Waals surface area contributed by atoms with Crippen LogP contribution < -0.4 is 0 Å². The predicted molar refractivity (Wildman–Crippen MR) is 81.3 cm³/mol. The minimum Gasteiger partial charge on any atom is -0.456 e. The molecule has 0 atom stereocenters. The molecule has 0 N–H and O–H groups in total. The van der Waals surface area contributed by atoms with Gasteiger partial charge in [0.1, 0.15) is 5.76 Å². The fourth-order valence-corrected chi connectivity index (χ4v) is 2.81. The lowest BCUT2D eigenvalue weighted by molar-refractivity contribution is 0.0959. The molecule has 3 heteroatoms. The number of fused-ring (bicyclic) bond motifs is 2. The molecule has 0 amide bonds. The third kappa shape index (κ3) is 1.91. The number of furan rings is 1. The second-order valence-corrected chi connectivity index (χ2v) is 5.32. The number of hydrogen-bond donors (Lipinski definition) is 0. The zero-order chi connectivity index (χ0) is 15.1. The highest BCUT2D eigenvalue weighted by molar-refractivity contribution is 6.27. The molecule has 0 bridgehead atoms. The van der Waals surface area contributed by atoms with Crippen LogP contribution in [0.4, 0.5) is 0 Å². The minimum absolute atomic E-state index is 0.145. The van der Waals surface area contributed by atoms with E-state index in [1.165, 1.54) is 0 Å². The summed E-state index contributed by atoms with van der Waals surface area (Å²) in [5, 5.41) is 0. The number of carbonyl (C=O) groups is 2. The van der Waals surface area contributed by atoms with Gasteiger partial charge in [-0.15, -0.1) is 0 Å². The fourth-order valence-electron chi connectivity index (χ4n) is 2.81. The fraction of sp³-hybridized carbons (Fsp3) is 0.0526. The Kier molecular flexibility index (Phi) is 2.79. The summed E-state index contributed by atoms with van der Waals surface area (Å²) in [6.45, 7) is 0. The van der Waals surface area contributed by atoms with Gasteiger partial charge in [0.25, 0.3) is 0 Å². The summed E-state index contributed by atoms with van der Waals surface area (Å²) in [6, 6.07) is 18.4. The quantitative estimate of drug-likeness (QED) is 0.565. The molecule has 106 valence electrons. The molecule has 0 aliphatic heterocycles. The molecule has 2 aromatic carbocycles. The summed E-state index contributed by atoms with van der Waals surface area (Å²) in [7, 11) is 0. The highest BCUT2D eigenvalue weighted by Gasteiger charge is 2.33. The smallest absolute Gasteiger partial charge is 0.229 e. The summed E-state index contributed by atoms with van der Waals surface area (Å²) >= 11 is 0. The molecule has 3 nitrogen and oxygen atoms in total. The summed E-state index contributed by atoms with van der Waals surface area (Å²) in [5.74, 6) is 0.429. The molecule has 1 aliphatic rings. The van der Waals surface area contributed by atoms with Gasteiger partial charge in [-0.3, -0.25) is 9.59 Å². The molecule has 3 aromatic rings. The Labute approximate surface area is 127 Å². The van der Waals surface area contributed by atoms with E-state index in [4.69, 9.17) is 4.42 Å². The maximum absolute atomic E-state index is 12.5. The third-order valence-electron chi connectivity index (χ3n) is 3.87. The molecule has 0 fully saturated rings. The Morgan fingerprint density at radius 1 is 0.727 bits per heavy atom. The van der Waals surface area contributed by atoms with E-state index in [9.17, 15) is 9.59 Å². The first-order valence-corrected chi connectivity index (χ1v) is 7.09. The molecule has 0 spiro atoms. The van der Waals surface area contributed by atoms with Crippen molar-refractivity contribution >= 4 is 11.6 Å². The van der Waals surface area contributed by atoms with Crippen molar-refractivity contribution in [3.05, 3.63) is 94.4 Å². The van der Waals surface area contributed by atoms with Gasteiger partial charge in [-0.05, 0) is 11.6 Å². The zero-order valence-electron chi connectivity index (χ0n) is 11.7. The van der Waals surface area contributed by atoms with E-state index in [-0.39, 0.29) is 17.3 Å². The van der Waals surface area contributed by atoms with Gasteiger partial charge in [0, 0.05) is 17.5 Å². The molecule has 22 heavy (non-hydrogen) atoms. The van der Waals surface area contributed by atoms with Crippen LogP contribution in [0, 0.1) is 0 Å². The van der Waals surface area contributed by atoms with E-state index in [2.05, 4.69) is 0 Å². The predicted octanol–water partition coefficient (Wildman–Crippen LogP) is 3.65. The maximum atomic E-state index is 12.5. The largest absolute Gasteiger partial charge is 0.456 e. The van der Waals surface area contributed by atoms with Crippen LogP contribution in [0.5, 0.6) is 0 Å². The number of ketones is 2. The van der Waals surface area contributed by atoms with Crippen molar-refractivity contribution < 1.29 is 14.0 Å². The van der Waals surface area contributed by atoms with Gasteiger partial charge in [0.05, 0.1) is 5.56 Å². The van der Waals surface area contributed by atoms with Crippen LogP contribution in [0.25, 0.3) is 0 Å². The van der Waals surface area contributed by atoms with E-state index in [0.29, 0.717) is 28.9 Å². The van der Waals surface area contributed by atoms with Gasteiger partial charge >= 0.3 is 0 Å². The third-order valence-corrected chi connectivity index (χ3v) is 3.87. The van der Waals surface area contributed by atoms with E-state index in [1.807, 2.05) is 30.3 Å². The number of rotatable bonds is 2. The summed E-state index contributed by atoms with van der Waals surface area (Å²) in [6.07, 6.45) is 0.560. The Morgan fingerprint density at radius 2 is 1.36 bits per heavy atom. The van der Waals surface area contributed by atoms with Gasteiger partial charge in [-0.25, -0.2) is 0 Å². The first-order chi connectivity index (χ1) is 10.7. The second kappa shape index (κ2) is 4.81. The Balaban J connectivity index is 1.77. The number of hydrogen-bond acceptors (Lipinski definition) is 3. The van der Waals surface area contributed by atoms with Gasteiger partial charge in [0.2, 0.25) is 5.78 Å². The molecule has 1 aromatic heterocycles. The van der Waals surface area contributed by atoms with Crippen molar-refractivity contribution in [2.75, 3.05) is 0 Å². The topological polar surface area (TPSA) is 47.3 Å². The highest BCUT2D eigenvalue weighted by Crippen LogP contribution is 2.30. The molecule has 0 radical (unpaired) electrons. The Hall–Kier alpha value is -2.94. The first kappa shape index (κ1) is 12.8. The monoisotopic (exact) mass is 288 g/mol. The van der Waals surface area contributed by atoms with Gasteiger partial charge < -0.3 is 4.42 Å². The molecule has 0 unspecified atom stereocenters. The summed E-state index contributed by atoms with van der Waals surface area (Å²) < 4.78 is 5.68. The molecule has 0 saturated heterocycles. The van der Waals surface area contributed by atoms with E-state index >= 15 is 0 Å². The molecule has 0 saturated carbocycles. The maximum Gasteiger partial charge on any atom is 0.229 e. The standard InChI is InChI=1S/C19H12O3/c20-17-14-8-4-5-9-15(14)18(21)19-16(17)11-13(22-19)10-12-6-2-1-3-7-12/h1-9,11H,10H2. The molecule has 1 heterocycles. The Bertz CT molecular complexity index is 836. The van der Waals surface area contributed by atoms with Crippen molar-refractivity contribution in [2.24, 2.45) is 0 Å². The van der Waals surface area contributed by atoms with E-state index < -0.39 is 0 Å². The average Bonchev–Trinajstić information content (AvgIpc) is 2.98. The minimum atomic E-state index is -0.218. The van der Waals surface area contributed by atoms with Crippen LogP contribution >= 0.6 is 0 Å². The normalized spacial score (nSPS) is 12.9.